The van der Waals surface area contributed by atoms with Gasteiger partial charge in [-0.1, -0.05) is 36.6 Å². The van der Waals surface area contributed by atoms with Crippen LogP contribution in [0.1, 0.15) is 25.7 Å². The van der Waals surface area contributed by atoms with Gasteiger partial charge >= 0.3 is 0 Å². The summed E-state index contributed by atoms with van der Waals surface area (Å²) in [5.41, 5.74) is -0.214. The van der Waals surface area contributed by atoms with Crippen molar-refractivity contribution in [1.82, 2.24) is 9.80 Å². The minimum absolute atomic E-state index is 0.0299. The van der Waals surface area contributed by atoms with E-state index in [4.69, 9.17) is 11.6 Å². The van der Waals surface area contributed by atoms with Crippen molar-refractivity contribution in [3.63, 3.8) is 0 Å². The second-order valence-electron chi connectivity index (χ2n) is 7.00. The van der Waals surface area contributed by atoms with Gasteiger partial charge in [0.2, 0.25) is 11.8 Å². The van der Waals surface area contributed by atoms with Gasteiger partial charge in [0.15, 0.2) is 0 Å². The summed E-state index contributed by atoms with van der Waals surface area (Å²) in [6.45, 7) is 2.63. The Labute approximate surface area is 158 Å². The van der Waals surface area contributed by atoms with Crippen LogP contribution in [0.25, 0.3) is 0 Å². The van der Waals surface area contributed by atoms with Crippen molar-refractivity contribution in [2.75, 3.05) is 38.0 Å². The van der Waals surface area contributed by atoms with E-state index in [1.54, 1.807) is 17.0 Å². The van der Waals surface area contributed by atoms with Gasteiger partial charge in [0, 0.05) is 26.2 Å². The average Bonchev–Trinajstić information content (AvgIpc) is 3.14. The summed E-state index contributed by atoms with van der Waals surface area (Å²) in [5.74, 6) is -0.153. The predicted molar refractivity (Wildman–Crippen MR) is 99.6 cm³/mol. The number of benzene rings is 1. The van der Waals surface area contributed by atoms with Crippen molar-refractivity contribution in [3.8, 4) is 6.07 Å². The molecular weight excluding hydrogens is 352 g/mol. The maximum Gasteiger partial charge on any atom is 0.243 e. The number of nitrogens with zero attached hydrogens (tertiary/aromatic N) is 3. The van der Waals surface area contributed by atoms with Crippen LogP contribution in [0.15, 0.2) is 24.3 Å². The molecule has 0 bridgehead atoms. The number of piperazine rings is 1. The Morgan fingerprint density at radius 2 is 1.81 bits per heavy atom. The van der Waals surface area contributed by atoms with Crippen LogP contribution in [0.2, 0.25) is 5.02 Å². The molecule has 0 spiro atoms. The largest absolute Gasteiger partial charge is 0.339 e. The summed E-state index contributed by atoms with van der Waals surface area (Å²) in [5, 5.41) is 12.8. The minimum Gasteiger partial charge on any atom is -0.339 e. The number of rotatable bonds is 4. The fraction of sp³-hybridized carbons (Fsp3) is 0.526. The minimum atomic E-state index is -0.816. The first-order valence-corrected chi connectivity index (χ1v) is 9.39. The lowest BCUT2D eigenvalue weighted by Crippen LogP contribution is -2.53. The smallest absolute Gasteiger partial charge is 0.243 e. The number of nitriles is 1. The number of carbonyl (C=O) groups is 2. The van der Waals surface area contributed by atoms with Crippen molar-refractivity contribution < 1.29 is 9.59 Å². The molecule has 0 aromatic heterocycles. The van der Waals surface area contributed by atoms with Gasteiger partial charge in [-0.25, -0.2) is 0 Å². The Morgan fingerprint density at radius 3 is 2.42 bits per heavy atom. The third-order valence-corrected chi connectivity index (χ3v) is 5.58. The number of hydrogen-bond acceptors (Lipinski definition) is 4. The molecule has 6 nitrogen and oxygen atoms in total. The SMILES string of the molecule is N#CC1(C(=O)N2CCN(CC(=O)Nc3ccccc3Cl)CC2)CCCC1. The third kappa shape index (κ3) is 4.00. The van der Waals surface area contributed by atoms with E-state index in [1.165, 1.54) is 0 Å². The van der Waals surface area contributed by atoms with Gasteiger partial charge in [0.1, 0.15) is 5.41 Å². The van der Waals surface area contributed by atoms with E-state index in [0.29, 0.717) is 49.7 Å². The zero-order valence-electron chi connectivity index (χ0n) is 14.7. The molecular formula is C19H23ClN4O2. The topological polar surface area (TPSA) is 76.4 Å². The zero-order chi connectivity index (χ0) is 18.6. The normalized spacial score (nSPS) is 19.8. The highest BCUT2D eigenvalue weighted by molar-refractivity contribution is 6.33. The van der Waals surface area contributed by atoms with E-state index in [0.717, 1.165) is 12.8 Å². The quantitative estimate of drug-likeness (QED) is 0.878. The lowest BCUT2D eigenvalue weighted by Gasteiger charge is -2.37. The van der Waals surface area contributed by atoms with Crippen LogP contribution in [0, 0.1) is 16.7 Å². The first kappa shape index (κ1) is 18.7. The molecule has 1 aliphatic heterocycles. The number of amides is 2. The van der Waals surface area contributed by atoms with E-state index < -0.39 is 5.41 Å². The Balaban J connectivity index is 1.49. The highest BCUT2D eigenvalue weighted by atomic mass is 35.5. The summed E-state index contributed by atoms with van der Waals surface area (Å²) in [6, 6.07) is 9.40. The molecule has 0 radical (unpaired) electrons. The molecule has 26 heavy (non-hydrogen) atoms. The molecule has 1 N–H and O–H groups in total. The molecule has 138 valence electrons. The van der Waals surface area contributed by atoms with Gasteiger partial charge in [-0.2, -0.15) is 5.26 Å². The fourth-order valence-electron chi connectivity index (χ4n) is 3.72. The summed E-state index contributed by atoms with van der Waals surface area (Å²) >= 11 is 6.06. The number of anilines is 1. The fourth-order valence-corrected chi connectivity index (χ4v) is 3.90. The second-order valence-corrected chi connectivity index (χ2v) is 7.40. The molecule has 1 heterocycles. The molecule has 3 rings (SSSR count). The van der Waals surface area contributed by atoms with Gasteiger partial charge in [-0.15, -0.1) is 0 Å². The molecule has 0 unspecified atom stereocenters. The Hall–Kier alpha value is -2.10. The standard InChI is InChI=1S/C19H23ClN4O2/c20-15-5-1-2-6-16(15)22-17(25)13-23-9-11-24(12-10-23)18(26)19(14-21)7-3-4-8-19/h1-2,5-6H,3-4,7-13H2,(H,22,25). The predicted octanol–water partition coefficient (Wildman–Crippen LogP) is 2.51. The maximum atomic E-state index is 12.8. The number of hydrogen-bond donors (Lipinski definition) is 1. The molecule has 1 saturated heterocycles. The lowest BCUT2D eigenvalue weighted by molar-refractivity contribution is -0.140. The highest BCUT2D eigenvalue weighted by Crippen LogP contribution is 2.39. The maximum absolute atomic E-state index is 12.8. The number of para-hydroxylation sites is 1. The van der Waals surface area contributed by atoms with Crippen LogP contribution in [-0.2, 0) is 9.59 Å². The van der Waals surface area contributed by atoms with E-state index in [1.807, 2.05) is 17.0 Å². The summed E-state index contributed by atoms with van der Waals surface area (Å²) in [4.78, 5) is 28.8. The van der Waals surface area contributed by atoms with Crippen molar-refractivity contribution in [3.05, 3.63) is 29.3 Å². The van der Waals surface area contributed by atoms with E-state index in [2.05, 4.69) is 11.4 Å². The first-order valence-electron chi connectivity index (χ1n) is 9.01. The van der Waals surface area contributed by atoms with Crippen LogP contribution in [0.4, 0.5) is 5.69 Å². The van der Waals surface area contributed by atoms with Crippen molar-refractivity contribution in [1.29, 1.82) is 5.26 Å². The lowest BCUT2D eigenvalue weighted by atomic mass is 9.86. The molecule has 1 saturated carbocycles. The second kappa shape index (κ2) is 8.07. The van der Waals surface area contributed by atoms with Gasteiger partial charge in [-0.3, -0.25) is 14.5 Å². The Morgan fingerprint density at radius 1 is 1.15 bits per heavy atom. The molecule has 2 aliphatic rings. The van der Waals surface area contributed by atoms with Crippen LogP contribution >= 0.6 is 11.6 Å². The van der Waals surface area contributed by atoms with Crippen LogP contribution < -0.4 is 5.32 Å². The van der Waals surface area contributed by atoms with E-state index in [-0.39, 0.29) is 18.4 Å². The van der Waals surface area contributed by atoms with Crippen LogP contribution in [0.5, 0.6) is 0 Å². The van der Waals surface area contributed by atoms with Gasteiger partial charge in [0.05, 0.1) is 23.3 Å². The third-order valence-electron chi connectivity index (χ3n) is 5.26. The van der Waals surface area contributed by atoms with Crippen molar-refractivity contribution >= 4 is 29.1 Å². The molecule has 1 aliphatic carbocycles. The molecule has 0 atom stereocenters. The molecule has 2 amide bonds. The molecule has 7 heteroatoms. The molecule has 1 aromatic rings. The summed E-state index contributed by atoms with van der Waals surface area (Å²) in [7, 11) is 0. The summed E-state index contributed by atoms with van der Waals surface area (Å²) < 4.78 is 0. The van der Waals surface area contributed by atoms with Crippen LogP contribution in [0.3, 0.4) is 0 Å². The molecule has 1 aromatic carbocycles. The molecule has 2 fully saturated rings. The number of nitrogens with one attached hydrogen (secondary N) is 1. The van der Waals surface area contributed by atoms with Crippen LogP contribution in [-0.4, -0.2) is 54.3 Å². The van der Waals surface area contributed by atoms with E-state index in [9.17, 15) is 14.9 Å². The highest BCUT2D eigenvalue weighted by Gasteiger charge is 2.44. The van der Waals surface area contributed by atoms with Gasteiger partial charge < -0.3 is 10.2 Å². The zero-order valence-corrected chi connectivity index (χ0v) is 15.5. The first-order chi connectivity index (χ1) is 12.5. The van der Waals surface area contributed by atoms with Crippen molar-refractivity contribution in [2.45, 2.75) is 25.7 Å². The Bertz CT molecular complexity index is 716. The van der Waals surface area contributed by atoms with Gasteiger partial charge in [0.25, 0.3) is 0 Å². The summed E-state index contributed by atoms with van der Waals surface area (Å²) in [6.07, 6.45) is 3.23. The van der Waals surface area contributed by atoms with E-state index >= 15 is 0 Å². The Kier molecular flexibility index (Phi) is 5.80. The van der Waals surface area contributed by atoms with Gasteiger partial charge in [-0.05, 0) is 25.0 Å². The van der Waals surface area contributed by atoms with Crippen molar-refractivity contribution in [2.24, 2.45) is 5.41 Å². The average molecular weight is 375 g/mol. The monoisotopic (exact) mass is 374 g/mol. The number of carbonyl (C=O) groups excluding carboxylic acids is 2. The number of halogens is 1.